The van der Waals surface area contributed by atoms with Gasteiger partial charge in [0.2, 0.25) is 0 Å². The lowest BCUT2D eigenvalue weighted by atomic mass is 10.1. The van der Waals surface area contributed by atoms with E-state index in [1.165, 1.54) is 96.3 Å². The molecule has 0 fully saturated rings. The molecule has 6 nitrogen and oxygen atoms in total. The SMILES string of the molecule is CC/C=C\C/C=C\C/C=C\C/C=C\CCCCC(=O)OC[C@@H](COC(=O)CCCCCCCCCCCC)OC(=O)CCCCCCC/C=C\CCCCCCCC. The average molecular weight is 811 g/mol. The normalized spacial score (nSPS) is 12.5. The molecule has 0 aromatic carbocycles. The number of hydrogen-bond donors (Lipinski definition) is 0. The van der Waals surface area contributed by atoms with Gasteiger partial charge in [-0.1, -0.05) is 191 Å². The molecule has 0 radical (unpaired) electrons. The fourth-order valence-corrected chi connectivity index (χ4v) is 6.60. The van der Waals surface area contributed by atoms with E-state index in [1.54, 1.807) is 0 Å². The van der Waals surface area contributed by atoms with Crippen LogP contribution in [0.1, 0.15) is 233 Å². The van der Waals surface area contributed by atoms with Gasteiger partial charge in [0.15, 0.2) is 6.10 Å². The number of ether oxygens (including phenoxy) is 3. The molecule has 0 unspecified atom stereocenters. The summed E-state index contributed by atoms with van der Waals surface area (Å²) in [7, 11) is 0. The van der Waals surface area contributed by atoms with Gasteiger partial charge in [-0.15, -0.1) is 0 Å². The minimum Gasteiger partial charge on any atom is -0.462 e. The minimum absolute atomic E-state index is 0.0895. The summed E-state index contributed by atoms with van der Waals surface area (Å²) in [6.45, 7) is 6.46. The van der Waals surface area contributed by atoms with Gasteiger partial charge in [-0.3, -0.25) is 14.4 Å². The monoisotopic (exact) mass is 811 g/mol. The van der Waals surface area contributed by atoms with E-state index in [0.29, 0.717) is 19.3 Å². The fourth-order valence-electron chi connectivity index (χ4n) is 6.60. The molecule has 0 saturated carbocycles. The molecule has 0 N–H and O–H groups in total. The third kappa shape index (κ3) is 44.2. The van der Waals surface area contributed by atoms with Crippen LogP contribution in [0.2, 0.25) is 0 Å². The molecular weight excluding hydrogens is 721 g/mol. The first kappa shape index (κ1) is 55.1. The molecule has 0 aromatic rings. The number of rotatable bonds is 43. The van der Waals surface area contributed by atoms with Crippen molar-refractivity contribution in [1.82, 2.24) is 0 Å². The maximum Gasteiger partial charge on any atom is 0.306 e. The van der Waals surface area contributed by atoms with Crippen molar-refractivity contribution in [2.24, 2.45) is 0 Å². The Morgan fingerprint density at radius 2 is 0.672 bits per heavy atom. The molecule has 0 heterocycles. The first-order valence-electron chi connectivity index (χ1n) is 24.3. The highest BCUT2D eigenvalue weighted by Crippen LogP contribution is 2.14. The zero-order valence-corrected chi connectivity index (χ0v) is 38.0. The summed E-state index contributed by atoms with van der Waals surface area (Å²) in [6, 6.07) is 0. The van der Waals surface area contributed by atoms with Crippen LogP contribution in [0.25, 0.3) is 0 Å². The van der Waals surface area contributed by atoms with E-state index in [2.05, 4.69) is 81.5 Å². The Labute approximate surface area is 358 Å². The van der Waals surface area contributed by atoms with Gasteiger partial charge in [-0.05, 0) is 83.5 Å². The lowest BCUT2D eigenvalue weighted by molar-refractivity contribution is -0.167. The lowest BCUT2D eigenvalue weighted by Gasteiger charge is -2.18. The summed E-state index contributed by atoms with van der Waals surface area (Å²) in [5.41, 5.74) is 0. The Bertz CT molecular complexity index is 1070. The highest BCUT2D eigenvalue weighted by molar-refractivity contribution is 5.71. The predicted octanol–water partition coefficient (Wildman–Crippen LogP) is 15.7. The van der Waals surface area contributed by atoms with E-state index >= 15 is 0 Å². The topological polar surface area (TPSA) is 78.9 Å². The van der Waals surface area contributed by atoms with Crippen LogP contribution in [0, 0.1) is 0 Å². The smallest absolute Gasteiger partial charge is 0.306 e. The van der Waals surface area contributed by atoms with Crippen molar-refractivity contribution in [1.29, 1.82) is 0 Å². The van der Waals surface area contributed by atoms with Gasteiger partial charge in [0.05, 0.1) is 0 Å². The van der Waals surface area contributed by atoms with Crippen molar-refractivity contribution in [3.8, 4) is 0 Å². The van der Waals surface area contributed by atoms with Crippen LogP contribution in [-0.4, -0.2) is 37.2 Å². The fraction of sp³-hybridized carbons (Fsp3) is 0.750. The third-order valence-corrected chi connectivity index (χ3v) is 10.3. The predicted molar refractivity (Wildman–Crippen MR) is 247 cm³/mol. The van der Waals surface area contributed by atoms with Gasteiger partial charge >= 0.3 is 17.9 Å². The molecule has 6 heteroatoms. The maximum absolute atomic E-state index is 12.7. The first-order chi connectivity index (χ1) is 28.5. The molecule has 58 heavy (non-hydrogen) atoms. The number of carbonyl (C=O) groups is 3. The molecule has 0 aliphatic heterocycles. The van der Waals surface area contributed by atoms with Crippen LogP contribution in [0.5, 0.6) is 0 Å². The number of hydrogen-bond acceptors (Lipinski definition) is 6. The Kier molecular flexibility index (Phi) is 44.5. The molecule has 0 amide bonds. The van der Waals surface area contributed by atoms with Gasteiger partial charge < -0.3 is 14.2 Å². The van der Waals surface area contributed by atoms with Crippen molar-refractivity contribution in [2.75, 3.05) is 13.2 Å². The summed E-state index contributed by atoms with van der Waals surface area (Å²) >= 11 is 0. The van der Waals surface area contributed by atoms with Gasteiger partial charge in [-0.2, -0.15) is 0 Å². The van der Waals surface area contributed by atoms with Gasteiger partial charge in [0.1, 0.15) is 13.2 Å². The van der Waals surface area contributed by atoms with Crippen molar-refractivity contribution in [3.05, 3.63) is 60.8 Å². The molecule has 0 aliphatic carbocycles. The van der Waals surface area contributed by atoms with Crippen LogP contribution >= 0.6 is 0 Å². The first-order valence-corrected chi connectivity index (χ1v) is 24.3. The Morgan fingerprint density at radius 1 is 0.362 bits per heavy atom. The van der Waals surface area contributed by atoms with E-state index in [0.717, 1.165) is 96.3 Å². The quantitative estimate of drug-likeness (QED) is 0.0264. The molecule has 0 aromatic heterocycles. The second-order valence-corrected chi connectivity index (χ2v) is 16.0. The van der Waals surface area contributed by atoms with Gasteiger partial charge in [0, 0.05) is 19.3 Å². The average Bonchev–Trinajstić information content (AvgIpc) is 3.22. The molecule has 0 rings (SSSR count). The van der Waals surface area contributed by atoms with E-state index in [9.17, 15) is 14.4 Å². The van der Waals surface area contributed by atoms with E-state index in [-0.39, 0.29) is 31.1 Å². The highest BCUT2D eigenvalue weighted by Gasteiger charge is 2.19. The molecule has 0 spiro atoms. The Hall–Kier alpha value is -2.89. The summed E-state index contributed by atoms with van der Waals surface area (Å²) in [6.07, 6.45) is 56.3. The molecule has 0 bridgehead atoms. The number of allylic oxidation sites excluding steroid dienone is 10. The van der Waals surface area contributed by atoms with Gasteiger partial charge in [0.25, 0.3) is 0 Å². The molecule has 1 atom stereocenters. The zero-order valence-electron chi connectivity index (χ0n) is 38.0. The van der Waals surface area contributed by atoms with Crippen LogP contribution in [-0.2, 0) is 28.6 Å². The number of unbranched alkanes of at least 4 members (excludes halogenated alkanes) is 22. The van der Waals surface area contributed by atoms with Gasteiger partial charge in [-0.25, -0.2) is 0 Å². The summed E-state index contributed by atoms with van der Waals surface area (Å²) < 4.78 is 16.7. The lowest BCUT2D eigenvalue weighted by Crippen LogP contribution is -2.30. The molecule has 0 saturated heterocycles. The summed E-state index contributed by atoms with van der Waals surface area (Å²) in [5.74, 6) is -0.942. The second kappa shape index (κ2) is 46.8. The largest absolute Gasteiger partial charge is 0.462 e. The third-order valence-electron chi connectivity index (χ3n) is 10.3. The molecule has 334 valence electrons. The minimum atomic E-state index is -0.791. The number of esters is 3. The van der Waals surface area contributed by atoms with Crippen LogP contribution in [0.3, 0.4) is 0 Å². The van der Waals surface area contributed by atoms with Crippen molar-refractivity contribution < 1.29 is 28.6 Å². The van der Waals surface area contributed by atoms with Crippen molar-refractivity contribution in [3.63, 3.8) is 0 Å². The highest BCUT2D eigenvalue weighted by atomic mass is 16.6. The maximum atomic E-state index is 12.7. The van der Waals surface area contributed by atoms with E-state index < -0.39 is 6.10 Å². The Balaban J connectivity index is 4.44. The second-order valence-electron chi connectivity index (χ2n) is 16.0. The zero-order chi connectivity index (χ0) is 42.3. The summed E-state index contributed by atoms with van der Waals surface area (Å²) in [5, 5.41) is 0. The standard InChI is InChI=1S/C52H90O6/c1-4-7-10-13-16-19-22-24-26-28-30-33-36-39-42-45-51(54)57-48-49(47-56-50(53)44-41-38-35-32-21-18-15-12-9-6-3)58-52(55)46-43-40-37-34-31-29-27-25-23-20-17-14-11-8-5-2/h7,10,16,19,24-27,30,33,49H,4-6,8-9,11-15,17-18,20-23,28-29,31-32,34-48H2,1-3H3/b10-7-,19-16-,26-24-,27-25-,33-30-/t49-/m1/s1. The number of carbonyl (C=O) groups excluding carboxylic acids is 3. The van der Waals surface area contributed by atoms with Crippen LogP contribution < -0.4 is 0 Å². The molecule has 0 aliphatic rings. The van der Waals surface area contributed by atoms with E-state index in [1.807, 2.05) is 0 Å². The van der Waals surface area contributed by atoms with Crippen LogP contribution in [0.15, 0.2) is 60.8 Å². The van der Waals surface area contributed by atoms with Crippen molar-refractivity contribution >= 4 is 17.9 Å². The molecular formula is C52H90O6. The summed E-state index contributed by atoms with van der Waals surface area (Å²) in [4.78, 5) is 37.8. The van der Waals surface area contributed by atoms with E-state index in [4.69, 9.17) is 14.2 Å². The Morgan fingerprint density at radius 3 is 1.10 bits per heavy atom. The van der Waals surface area contributed by atoms with Crippen molar-refractivity contribution in [2.45, 2.75) is 239 Å². The van der Waals surface area contributed by atoms with Crippen LogP contribution in [0.4, 0.5) is 0 Å².